The van der Waals surface area contributed by atoms with Crippen LogP contribution in [0.25, 0.3) is 10.9 Å². The summed E-state index contributed by atoms with van der Waals surface area (Å²) in [6, 6.07) is 16.2. The first-order valence-electron chi connectivity index (χ1n) is 8.18. The number of H-pyrrole nitrogens is 1. The van der Waals surface area contributed by atoms with Crippen molar-refractivity contribution in [2.45, 2.75) is 10.1 Å². The molecule has 2 aromatic carbocycles. The molecule has 0 saturated heterocycles. The minimum atomic E-state index is -0.485. The Balaban J connectivity index is 1.45. The molecule has 28 heavy (non-hydrogen) atoms. The van der Waals surface area contributed by atoms with Crippen LogP contribution in [-0.4, -0.2) is 26.0 Å². The second kappa shape index (κ2) is 7.79. The van der Waals surface area contributed by atoms with E-state index in [4.69, 9.17) is 0 Å². The lowest BCUT2D eigenvalue weighted by molar-refractivity contribution is -0.383. The van der Waals surface area contributed by atoms with E-state index in [1.54, 1.807) is 18.2 Å². The van der Waals surface area contributed by atoms with Crippen LogP contribution in [0.2, 0.25) is 0 Å². The second-order valence-electron chi connectivity index (χ2n) is 5.78. The number of carbonyl (C=O) groups excluding carboxylic acids is 1. The monoisotopic (exact) mass is 411 g/mol. The molecule has 1 amide bonds. The molecule has 0 unspecified atom stereocenters. The highest BCUT2D eigenvalue weighted by molar-refractivity contribution is 8.00. The van der Waals surface area contributed by atoms with Crippen molar-refractivity contribution in [1.82, 2.24) is 15.2 Å². The van der Waals surface area contributed by atoms with E-state index < -0.39 is 10.8 Å². The van der Waals surface area contributed by atoms with Crippen LogP contribution in [0.15, 0.2) is 58.9 Å². The van der Waals surface area contributed by atoms with E-state index in [9.17, 15) is 14.9 Å². The van der Waals surface area contributed by atoms with E-state index in [0.29, 0.717) is 16.0 Å². The first-order valence-corrected chi connectivity index (χ1v) is 9.98. The molecule has 0 aliphatic heterocycles. The van der Waals surface area contributed by atoms with Crippen LogP contribution < -0.4 is 5.32 Å². The number of amides is 1. The van der Waals surface area contributed by atoms with Gasteiger partial charge in [-0.1, -0.05) is 65.6 Å². The fourth-order valence-corrected chi connectivity index (χ4v) is 4.32. The predicted octanol–water partition coefficient (Wildman–Crippen LogP) is 4.47. The van der Waals surface area contributed by atoms with Gasteiger partial charge in [0.1, 0.15) is 11.2 Å². The maximum atomic E-state index is 12.5. The average Bonchev–Trinajstić information content (AvgIpc) is 3.33. The van der Waals surface area contributed by atoms with Crippen LogP contribution >= 0.6 is 23.1 Å². The summed E-state index contributed by atoms with van der Waals surface area (Å²) in [4.78, 5) is 25.9. The number of nitrogens with one attached hydrogen (secondary N) is 2. The number of carbonyl (C=O) groups is 1. The SMILES string of the molecule is O=C(Nc1nnc(SCc2ccccc2)s1)c1cc2cccc([N+](=O)[O-])c2[nH]1. The topological polar surface area (TPSA) is 114 Å². The molecule has 4 aromatic rings. The minimum absolute atomic E-state index is 0.0768. The molecule has 0 fully saturated rings. The van der Waals surface area contributed by atoms with Crippen LogP contribution in [-0.2, 0) is 5.75 Å². The van der Waals surface area contributed by atoms with Crippen LogP contribution in [0.5, 0.6) is 0 Å². The van der Waals surface area contributed by atoms with Crippen LogP contribution in [0.4, 0.5) is 10.8 Å². The predicted molar refractivity (Wildman–Crippen MR) is 109 cm³/mol. The first-order chi connectivity index (χ1) is 13.6. The lowest BCUT2D eigenvalue weighted by atomic mass is 10.2. The Hall–Kier alpha value is -3.24. The van der Waals surface area contributed by atoms with Gasteiger partial charge in [0.25, 0.3) is 11.6 Å². The van der Waals surface area contributed by atoms with Crippen molar-refractivity contribution in [3.63, 3.8) is 0 Å². The molecular weight excluding hydrogens is 398 g/mol. The number of nitro benzene ring substituents is 1. The zero-order chi connectivity index (χ0) is 19.5. The van der Waals surface area contributed by atoms with E-state index in [0.717, 1.165) is 10.1 Å². The van der Waals surface area contributed by atoms with Gasteiger partial charge in [0.05, 0.1) is 4.92 Å². The van der Waals surface area contributed by atoms with Gasteiger partial charge in [-0.25, -0.2) is 0 Å². The first kappa shape index (κ1) is 18.1. The number of anilines is 1. The van der Waals surface area contributed by atoms with Gasteiger partial charge in [0.2, 0.25) is 5.13 Å². The highest BCUT2D eigenvalue weighted by Gasteiger charge is 2.18. The van der Waals surface area contributed by atoms with E-state index >= 15 is 0 Å². The van der Waals surface area contributed by atoms with Gasteiger partial charge in [-0.15, -0.1) is 10.2 Å². The molecule has 0 aliphatic carbocycles. The summed E-state index contributed by atoms with van der Waals surface area (Å²) >= 11 is 2.81. The molecule has 0 bridgehead atoms. The highest BCUT2D eigenvalue weighted by atomic mass is 32.2. The second-order valence-corrected chi connectivity index (χ2v) is 7.98. The van der Waals surface area contributed by atoms with E-state index in [2.05, 4.69) is 20.5 Å². The maximum absolute atomic E-state index is 12.5. The van der Waals surface area contributed by atoms with Crippen molar-refractivity contribution in [1.29, 1.82) is 0 Å². The number of para-hydroxylation sites is 1. The van der Waals surface area contributed by atoms with Crippen molar-refractivity contribution in [2.24, 2.45) is 0 Å². The molecule has 0 saturated carbocycles. The average molecular weight is 411 g/mol. The normalized spacial score (nSPS) is 10.9. The standard InChI is InChI=1S/C18H13N5O3S2/c24-16(13-9-12-7-4-8-14(23(25)26)15(12)19-13)20-17-21-22-18(28-17)27-10-11-5-2-1-3-6-11/h1-9,19H,10H2,(H,20,21,24). The zero-order valence-electron chi connectivity index (χ0n) is 14.3. The Morgan fingerprint density at radius 2 is 2.00 bits per heavy atom. The number of nitrogens with zero attached hydrogens (tertiary/aromatic N) is 3. The third kappa shape index (κ3) is 3.87. The quantitative estimate of drug-likeness (QED) is 0.209. The molecule has 0 radical (unpaired) electrons. The Labute approximate surface area is 167 Å². The van der Waals surface area contributed by atoms with E-state index in [1.165, 1.54) is 34.7 Å². The molecule has 0 aliphatic rings. The van der Waals surface area contributed by atoms with Crippen molar-refractivity contribution in [3.8, 4) is 0 Å². The molecule has 0 atom stereocenters. The van der Waals surface area contributed by atoms with Gasteiger partial charge in [0.15, 0.2) is 4.34 Å². The largest absolute Gasteiger partial charge is 0.345 e. The van der Waals surface area contributed by atoms with Gasteiger partial charge < -0.3 is 4.98 Å². The Morgan fingerprint density at radius 3 is 2.79 bits per heavy atom. The van der Waals surface area contributed by atoms with Gasteiger partial charge in [-0.05, 0) is 11.6 Å². The lowest BCUT2D eigenvalue weighted by Crippen LogP contribution is -2.11. The van der Waals surface area contributed by atoms with E-state index in [-0.39, 0.29) is 11.4 Å². The number of benzene rings is 2. The number of aromatic amines is 1. The number of thioether (sulfide) groups is 1. The van der Waals surface area contributed by atoms with Gasteiger partial charge in [-0.3, -0.25) is 20.2 Å². The smallest absolute Gasteiger partial charge is 0.293 e. The van der Waals surface area contributed by atoms with Crippen molar-refractivity contribution in [2.75, 3.05) is 5.32 Å². The summed E-state index contributed by atoms with van der Waals surface area (Å²) < 4.78 is 0.742. The summed E-state index contributed by atoms with van der Waals surface area (Å²) in [7, 11) is 0. The van der Waals surface area contributed by atoms with Gasteiger partial charge >= 0.3 is 0 Å². The molecule has 2 N–H and O–H groups in total. The summed E-state index contributed by atoms with van der Waals surface area (Å²) in [6.45, 7) is 0. The number of aromatic nitrogens is 3. The number of nitro groups is 1. The number of rotatable bonds is 6. The fourth-order valence-electron chi connectivity index (χ4n) is 2.62. The molecule has 8 nitrogen and oxygen atoms in total. The zero-order valence-corrected chi connectivity index (χ0v) is 15.9. The maximum Gasteiger partial charge on any atom is 0.293 e. The Bertz CT molecular complexity index is 1160. The van der Waals surface area contributed by atoms with Crippen molar-refractivity contribution < 1.29 is 9.72 Å². The van der Waals surface area contributed by atoms with Crippen LogP contribution in [0.1, 0.15) is 16.1 Å². The number of fused-ring (bicyclic) bond motifs is 1. The summed E-state index contributed by atoms with van der Waals surface area (Å²) in [5.41, 5.74) is 1.63. The molecule has 2 heterocycles. The van der Waals surface area contributed by atoms with Gasteiger partial charge in [0, 0.05) is 17.2 Å². The van der Waals surface area contributed by atoms with Crippen LogP contribution in [0.3, 0.4) is 0 Å². The molecule has 10 heteroatoms. The summed E-state index contributed by atoms with van der Waals surface area (Å²) in [5.74, 6) is 0.330. The fraction of sp³-hybridized carbons (Fsp3) is 0.0556. The number of hydrogen-bond acceptors (Lipinski definition) is 7. The molecule has 140 valence electrons. The summed E-state index contributed by atoms with van der Waals surface area (Å²) in [6.07, 6.45) is 0. The van der Waals surface area contributed by atoms with E-state index in [1.807, 2.05) is 30.3 Å². The third-order valence-electron chi connectivity index (χ3n) is 3.91. The van der Waals surface area contributed by atoms with Crippen LogP contribution in [0, 0.1) is 10.1 Å². The molecule has 4 rings (SSSR count). The highest BCUT2D eigenvalue weighted by Crippen LogP contribution is 2.29. The number of hydrogen-bond donors (Lipinski definition) is 2. The Kier molecular flexibility index (Phi) is 5.04. The molecule has 2 aromatic heterocycles. The third-order valence-corrected chi connectivity index (χ3v) is 5.95. The summed E-state index contributed by atoms with van der Waals surface area (Å²) in [5, 5.41) is 22.8. The number of non-ortho nitro benzene ring substituents is 1. The minimum Gasteiger partial charge on any atom is -0.345 e. The van der Waals surface area contributed by atoms with Gasteiger partial charge in [-0.2, -0.15) is 0 Å². The lowest BCUT2D eigenvalue weighted by Gasteiger charge is -1.98. The van der Waals surface area contributed by atoms with Crippen molar-refractivity contribution in [3.05, 3.63) is 76.0 Å². The van der Waals surface area contributed by atoms with Crippen molar-refractivity contribution >= 4 is 50.7 Å². The molecule has 0 spiro atoms. The molecular formula is C18H13N5O3S2. The Morgan fingerprint density at radius 1 is 1.18 bits per heavy atom.